The summed E-state index contributed by atoms with van der Waals surface area (Å²) in [5.41, 5.74) is 3.05. The van der Waals surface area contributed by atoms with Crippen LogP contribution in [0.4, 0.5) is 5.69 Å². The molecule has 1 unspecified atom stereocenters. The first-order valence-corrected chi connectivity index (χ1v) is 7.19. The third-order valence-electron chi connectivity index (χ3n) is 3.42. The van der Waals surface area contributed by atoms with Crippen LogP contribution in [0.5, 0.6) is 0 Å². The molecule has 0 spiro atoms. The number of carbonyl (C=O) groups is 1. The Balaban J connectivity index is 1.89. The standard InChI is InChI=1S/C13H13BrClNO/c14-10(3-7-1-2-7)9-4-8-5-13(17)16-12(8)6-11(9)15/h4,6-7,10H,1-3,5H2,(H,16,17). The molecule has 0 radical (unpaired) electrons. The summed E-state index contributed by atoms with van der Waals surface area (Å²) >= 11 is 9.98. The van der Waals surface area contributed by atoms with Gasteiger partial charge in [0.05, 0.1) is 6.42 Å². The maximum atomic E-state index is 11.3. The Hall–Kier alpha value is -0.540. The van der Waals surface area contributed by atoms with Crippen LogP contribution in [0.1, 0.15) is 35.2 Å². The molecular weight excluding hydrogens is 302 g/mol. The van der Waals surface area contributed by atoms with E-state index in [0.717, 1.165) is 34.2 Å². The van der Waals surface area contributed by atoms with Crippen LogP contribution >= 0.6 is 27.5 Å². The molecule has 0 saturated heterocycles. The van der Waals surface area contributed by atoms with Crippen molar-refractivity contribution in [3.63, 3.8) is 0 Å². The average Bonchev–Trinajstić information content (AvgIpc) is 2.98. The summed E-state index contributed by atoms with van der Waals surface area (Å²) in [7, 11) is 0. The Morgan fingerprint density at radius 3 is 2.94 bits per heavy atom. The Kier molecular flexibility index (Phi) is 2.91. The second-order valence-corrected chi connectivity index (χ2v) is 6.41. The Bertz CT molecular complexity index is 485. The van der Waals surface area contributed by atoms with E-state index in [2.05, 4.69) is 27.3 Å². The number of hydrogen-bond acceptors (Lipinski definition) is 1. The molecule has 1 amide bonds. The first-order valence-electron chi connectivity index (χ1n) is 5.89. The van der Waals surface area contributed by atoms with E-state index in [1.165, 1.54) is 12.8 Å². The van der Waals surface area contributed by atoms with Gasteiger partial charge in [0.1, 0.15) is 0 Å². The van der Waals surface area contributed by atoms with Gasteiger partial charge in [0.15, 0.2) is 0 Å². The summed E-state index contributed by atoms with van der Waals surface area (Å²) in [6.45, 7) is 0. The minimum atomic E-state index is 0.0570. The number of anilines is 1. The zero-order chi connectivity index (χ0) is 12.0. The summed E-state index contributed by atoms with van der Waals surface area (Å²) in [6, 6.07) is 3.94. The van der Waals surface area contributed by atoms with E-state index in [-0.39, 0.29) is 5.91 Å². The highest BCUT2D eigenvalue weighted by Crippen LogP contribution is 2.44. The zero-order valence-electron chi connectivity index (χ0n) is 9.30. The van der Waals surface area contributed by atoms with Gasteiger partial charge in [0, 0.05) is 15.5 Å². The molecule has 1 aliphatic heterocycles. The summed E-state index contributed by atoms with van der Waals surface area (Å²) in [6.07, 6.45) is 4.29. The number of amides is 1. The second-order valence-electron chi connectivity index (χ2n) is 4.90. The quantitative estimate of drug-likeness (QED) is 0.837. The van der Waals surface area contributed by atoms with E-state index >= 15 is 0 Å². The monoisotopic (exact) mass is 313 g/mol. The molecular formula is C13H13BrClNO. The molecule has 0 aromatic heterocycles. The highest BCUT2D eigenvalue weighted by molar-refractivity contribution is 9.09. The van der Waals surface area contributed by atoms with Crippen LogP contribution in [-0.4, -0.2) is 5.91 Å². The molecule has 4 heteroatoms. The second kappa shape index (κ2) is 4.29. The van der Waals surface area contributed by atoms with Crippen LogP contribution in [0.3, 0.4) is 0 Å². The van der Waals surface area contributed by atoms with Crippen molar-refractivity contribution in [3.05, 3.63) is 28.3 Å². The number of nitrogens with one attached hydrogen (secondary N) is 1. The van der Waals surface area contributed by atoms with E-state index in [1.54, 1.807) is 0 Å². The Labute approximate surface area is 114 Å². The minimum Gasteiger partial charge on any atom is -0.325 e. The number of benzene rings is 1. The molecule has 1 aromatic rings. The molecule has 17 heavy (non-hydrogen) atoms. The third kappa shape index (κ3) is 2.36. The third-order valence-corrected chi connectivity index (χ3v) is 4.62. The fourth-order valence-electron chi connectivity index (χ4n) is 2.28. The maximum absolute atomic E-state index is 11.3. The van der Waals surface area contributed by atoms with Crippen molar-refractivity contribution in [2.24, 2.45) is 5.92 Å². The van der Waals surface area contributed by atoms with Gasteiger partial charge in [-0.1, -0.05) is 46.4 Å². The molecule has 1 aromatic carbocycles. The average molecular weight is 315 g/mol. The van der Waals surface area contributed by atoms with Crippen molar-refractivity contribution in [2.75, 3.05) is 5.32 Å². The van der Waals surface area contributed by atoms with E-state index in [9.17, 15) is 4.79 Å². The number of halogens is 2. The SMILES string of the molecule is O=C1Cc2cc(C(Br)CC3CC3)c(Cl)cc2N1. The molecule has 1 aliphatic carbocycles. The van der Waals surface area contributed by atoms with E-state index in [1.807, 2.05) is 6.07 Å². The van der Waals surface area contributed by atoms with E-state index < -0.39 is 0 Å². The molecule has 2 nitrogen and oxygen atoms in total. The van der Waals surface area contributed by atoms with Crippen molar-refractivity contribution in [2.45, 2.75) is 30.5 Å². The molecule has 2 aliphatic rings. The molecule has 1 N–H and O–H groups in total. The highest BCUT2D eigenvalue weighted by atomic mass is 79.9. The molecule has 1 saturated carbocycles. The van der Waals surface area contributed by atoms with Crippen LogP contribution in [0.2, 0.25) is 5.02 Å². The Morgan fingerprint density at radius 1 is 1.47 bits per heavy atom. The lowest BCUT2D eigenvalue weighted by Gasteiger charge is -2.13. The minimum absolute atomic E-state index is 0.0570. The lowest BCUT2D eigenvalue weighted by Crippen LogP contribution is -2.03. The predicted molar refractivity (Wildman–Crippen MR) is 72.8 cm³/mol. The van der Waals surface area contributed by atoms with Crippen molar-refractivity contribution in [1.29, 1.82) is 0 Å². The van der Waals surface area contributed by atoms with Gasteiger partial charge in [-0.3, -0.25) is 4.79 Å². The van der Waals surface area contributed by atoms with E-state index in [0.29, 0.717) is 11.2 Å². The first kappa shape index (κ1) is 11.5. The van der Waals surface area contributed by atoms with Crippen LogP contribution in [-0.2, 0) is 11.2 Å². The summed E-state index contributed by atoms with van der Waals surface area (Å²) in [4.78, 5) is 11.6. The summed E-state index contributed by atoms with van der Waals surface area (Å²) in [5.74, 6) is 0.907. The summed E-state index contributed by atoms with van der Waals surface area (Å²) < 4.78 is 0. The van der Waals surface area contributed by atoms with Crippen molar-refractivity contribution >= 4 is 39.1 Å². The van der Waals surface area contributed by atoms with Gasteiger partial charge in [-0.05, 0) is 29.5 Å². The number of carbonyl (C=O) groups excluding carboxylic acids is 1. The van der Waals surface area contributed by atoms with Crippen molar-refractivity contribution in [3.8, 4) is 0 Å². The van der Waals surface area contributed by atoms with Crippen LogP contribution < -0.4 is 5.32 Å². The van der Waals surface area contributed by atoms with Gasteiger partial charge in [-0.15, -0.1) is 0 Å². The fourth-order valence-corrected chi connectivity index (χ4v) is 3.61. The predicted octanol–water partition coefficient (Wildman–Crippen LogP) is 4.07. The largest absolute Gasteiger partial charge is 0.325 e. The van der Waals surface area contributed by atoms with Crippen LogP contribution in [0, 0.1) is 5.92 Å². The van der Waals surface area contributed by atoms with Gasteiger partial charge >= 0.3 is 0 Å². The number of rotatable bonds is 3. The van der Waals surface area contributed by atoms with Crippen molar-refractivity contribution in [1.82, 2.24) is 0 Å². The van der Waals surface area contributed by atoms with Crippen molar-refractivity contribution < 1.29 is 4.79 Å². The molecule has 0 bridgehead atoms. The molecule has 3 rings (SSSR count). The Morgan fingerprint density at radius 2 is 2.24 bits per heavy atom. The van der Waals surface area contributed by atoms with Gasteiger partial charge in [0.25, 0.3) is 0 Å². The maximum Gasteiger partial charge on any atom is 0.228 e. The molecule has 90 valence electrons. The number of hydrogen-bond donors (Lipinski definition) is 1. The highest BCUT2D eigenvalue weighted by Gasteiger charge is 2.27. The van der Waals surface area contributed by atoms with Gasteiger partial charge < -0.3 is 5.32 Å². The van der Waals surface area contributed by atoms with Crippen LogP contribution in [0.25, 0.3) is 0 Å². The zero-order valence-corrected chi connectivity index (χ0v) is 11.6. The normalized spacial score (nSPS) is 20.0. The lowest BCUT2D eigenvalue weighted by molar-refractivity contribution is -0.115. The first-order chi connectivity index (χ1) is 8.13. The molecule has 1 atom stereocenters. The van der Waals surface area contributed by atoms with Gasteiger partial charge in [-0.2, -0.15) is 0 Å². The number of alkyl halides is 1. The van der Waals surface area contributed by atoms with Gasteiger partial charge in [0.2, 0.25) is 5.91 Å². The molecule has 1 heterocycles. The van der Waals surface area contributed by atoms with E-state index in [4.69, 9.17) is 11.6 Å². The van der Waals surface area contributed by atoms with Crippen LogP contribution in [0.15, 0.2) is 12.1 Å². The lowest BCUT2D eigenvalue weighted by atomic mass is 10.0. The summed E-state index contributed by atoms with van der Waals surface area (Å²) in [5, 5.41) is 3.56. The molecule has 1 fully saturated rings. The smallest absolute Gasteiger partial charge is 0.228 e. The van der Waals surface area contributed by atoms with Gasteiger partial charge in [-0.25, -0.2) is 0 Å². The fraction of sp³-hybridized carbons (Fsp3) is 0.462. The topological polar surface area (TPSA) is 29.1 Å². The number of fused-ring (bicyclic) bond motifs is 1.